The van der Waals surface area contributed by atoms with Gasteiger partial charge in [-0.05, 0) is 55.7 Å². The van der Waals surface area contributed by atoms with E-state index in [4.69, 9.17) is 5.26 Å². The fourth-order valence-corrected chi connectivity index (χ4v) is 3.13. The lowest BCUT2D eigenvalue weighted by molar-refractivity contribution is 1.24. The smallest absolute Gasteiger partial charge is 0.0991 e. The van der Waals surface area contributed by atoms with Crippen LogP contribution in [0.1, 0.15) is 27.8 Å². The molecule has 0 fully saturated rings. The van der Waals surface area contributed by atoms with E-state index in [1.165, 1.54) is 27.1 Å². The van der Waals surface area contributed by atoms with Crippen molar-refractivity contribution in [3.63, 3.8) is 0 Å². The van der Waals surface area contributed by atoms with Crippen molar-refractivity contribution in [2.24, 2.45) is 0 Å². The highest BCUT2D eigenvalue weighted by atomic mass is 32.2. The summed E-state index contributed by atoms with van der Waals surface area (Å²) in [6, 6.07) is 14.6. The Labute approximate surface area is 119 Å². The number of hydrogen-bond donors (Lipinski definition) is 0. The first kappa shape index (κ1) is 13.7. The molecule has 0 amide bonds. The van der Waals surface area contributed by atoms with E-state index >= 15 is 0 Å². The molecule has 0 unspecified atom stereocenters. The minimum atomic E-state index is 0.734. The van der Waals surface area contributed by atoms with Crippen LogP contribution < -0.4 is 0 Å². The monoisotopic (exact) mass is 267 g/mol. The minimum Gasteiger partial charge on any atom is -0.192 e. The highest BCUT2D eigenvalue weighted by Crippen LogP contribution is 2.27. The van der Waals surface area contributed by atoms with Gasteiger partial charge in [0, 0.05) is 10.6 Å². The number of nitriles is 1. The first-order chi connectivity index (χ1) is 9.10. The Morgan fingerprint density at radius 3 is 2.42 bits per heavy atom. The number of aryl methyl sites for hydroxylation is 3. The van der Waals surface area contributed by atoms with Gasteiger partial charge in [-0.3, -0.25) is 0 Å². The number of benzene rings is 2. The number of hydrogen-bond acceptors (Lipinski definition) is 2. The summed E-state index contributed by atoms with van der Waals surface area (Å²) in [4.78, 5) is 1.33. The van der Waals surface area contributed by atoms with Gasteiger partial charge in [-0.2, -0.15) is 5.26 Å². The summed E-state index contributed by atoms with van der Waals surface area (Å²) in [6.07, 6.45) is 0. The molecule has 2 aromatic carbocycles. The lowest BCUT2D eigenvalue weighted by atomic mass is 10.1. The molecule has 0 saturated carbocycles. The van der Waals surface area contributed by atoms with Crippen LogP contribution in [0.15, 0.2) is 41.3 Å². The lowest BCUT2D eigenvalue weighted by Crippen LogP contribution is -1.89. The number of thioether (sulfide) groups is 1. The zero-order valence-corrected chi connectivity index (χ0v) is 12.3. The number of rotatable bonds is 3. The van der Waals surface area contributed by atoms with Crippen LogP contribution in [0.25, 0.3) is 0 Å². The summed E-state index contributed by atoms with van der Waals surface area (Å²) in [6.45, 7) is 6.34. The van der Waals surface area contributed by atoms with Crippen LogP contribution in [0.4, 0.5) is 0 Å². The fourth-order valence-electron chi connectivity index (χ4n) is 2.04. The lowest BCUT2D eigenvalue weighted by Gasteiger charge is -2.09. The molecule has 0 radical (unpaired) electrons. The van der Waals surface area contributed by atoms with Gasteiger partial charge in [0.25, 0.3) is 0 Å². The van der Waals surface area contributed by atoms with Crippen molar-refractivity contribution >= 4 is 11.8 Å². The van der Waals surface area contributed by atoms with Crippen LogP contribution in [0.3, 0.4) is 0 Å². The van der Waals surface area contributed by atoms with E-state index < -0.39 is 0 Å². The van der Waals surface area contributed by atoms with Crippen molar-refractivity contribution < 1.29 is 0 Å². The molecule has 0 aliphatic heterocycles. The summed E-state index contributed by atoms with van der Waals surface area (Å²) < 4.78 is 0. The molecule has 2 rings (SSSR count). The molecule has 0 aliphatic rings. The molecule has 0 aromatic heterocycles. The molecule has 2 heteroatoms. The van der Waals surface area contributed by atoms with Gasteiger partial charge in [0.1, 0.15) is 0 Å². The van der Waals surface area contributed by atoms with E-state index in [2.05, 4.69) is 51.1 Å². The van der Waals surface area contributed by atoms with E-state index in [1.54, 1.807) is 0 Å². The standard InChI is InChI=1S/C17H17NS/c1-12-4-7-17(14(3)8-12)19-11-16-6-5-15(10-18)9-13(16)2/h4-9H,11H2,1-3H3. The van der Waals surface area contributed by atoms with E-state index in [9.17, 15) is 0 Å². The van der Waals surface area contributed by atoms with Gasteiger partial charge in [0.15, 0.2) is 0 Å². The SMILES string of the molecule is Cc1ccc(SCc2ccc(C#N)cc2C)c(C)c1. The molecule has 0 atom stereocenters. The quantitative estimate of drug-likeness (QED) is 0.747. The predicted molar refractivity (Wildman–Crippen MR) is 81.4 cm³/mol. The van der Waals surface area contributed by atoms with Gasteiger partial charge < -0.3 is 0 Å². The van der Waals surface area contributed by atoms with E-state index in [0.29, 0.717) is 0 Å². The molecule has 0 aliphatic carbocycles. The normalized spacial score (nSPS) is 10.2. The molecule has 2 aromatic rings. The Kier molecular flexibility index (Phi) is 4.29. The predicted octanol–water partition coefficient (Wildman–Crippen LogP) is 4.78. The van der Waals surface area contributed by atoms with Crippen LogP contribution in [0.2, 0.25) is 0 Å². The Morgan fingerprint density at radius 1 is 1.00 bits per heavy atom. The molecular formula is C17H17NS. The molecule has 0 spiro atoms. The molecular weight excluding hydrogens is 250 g/mol. The van der Waals surface area contributed by atoms with Crippen molar-refractivity contribution in [3.8, 4) is 6.07 Å². The van der Waals surface area contributed by atoms with Crippen LogP contribution in [0, 0.1) is 32.1 Å². The zero-order chi connectivity index (χ0) is 13.8. The van der Waals surface area contributed by atoms with Crippen LogP contribution in [0.5, 0.6) is 0 Å². The maximum absolute atomic E-state index is 8.87. The van der Waals surface area contributed by atoms with Gasteiger partial charge in [-0.15, -0.1) is 11.8 Å². The average Bonchev–Trinajstić information content (AvgIpc) is 2.39. The van der Waals surface area contributed by atoms with Crippen LogP contribution in [-0.4, -0.2) is 0 Å². The second-order valence-corrected chi connectivity index (χ2v) is 5.83. The second kappa shape index (κ2) is 5.95. The molecule has 96 valence electrons. The highest BCUT2D eigenvalue weighted by molar-refractivity contribution is 7.98. The number of nitrogens with zero attached hydrogens (tertiary/aromatic N) is 1. The second-order valence-electron chi connectivity index (χ2n) is 4.81. The van der Waals surface area contributed by atoms with Gasteiger partial charge in [0.2, 0.25) is 0 Å². The largest absolute Gasteiger partial charge is 0.192 e. The van der Waals surface area contributed by atoms with E-state index in [1.807, 2.05) is 23.9 Å². The first-order valence-electron chi connectivity index (χ1n) is 6.30. The third-order valence-corrected chi connectivity index (χ3v) is 4.41. The topological polar surface area (TPSA) is 23.8 Å². The molecule has 0 N–H and O–H groups in total. The Morgan fingerprint density at radius 2 is 1.79 bits per heavy atom. The van der Waals surface area contributed by atoms with Crippen LogP contribution >= 0.6 is 11.8 Å². The molecule has 0 saturated heterocycles. The van der Waals surface area contributed by atoms with Crippen molar-refractivity contribution in [3.05, 3.63) is 64.2 Å². The maximum atomic E-state index is 8.87. The molecule has 19 heavy (non-hydrogen) atoms. The summed E-state index contributed by atoms with van der Waals surface area (Å²) in [5, 5.41) is 8.87. The van der Waals surface area contributed by atoms with Gasteiger partial charge >= 0.3 is 0 Å². The minimum absolute atomic E-state index is 0.734. The fraction of sp³-hybridized carbons (Fsp3) is 0.235. The van der Waals surface area contributed by atoms with Crippen LogP contribution in [-0.2, 0) is 5.75 Å². The van der Waals surface area contributed by atoms with Crippen molar-refractivity contribution in [2.75, 3.05) is 0 Å². The zero-order valence-electron chi connectivity index (χ0n) is 11.5. The van der Waals surface area contributed by atoms with Gasteiger partial charge in [-0.1, -0.05) is 23.8 Å². The maximum Gasteiger partial charge on any atom is 0.0991 e. The highest BCUT2D eigenvalue weighted by Gasteiger charge is 2.03. The summed E-state index contributed by atoms with van der Waals surface area (Å²) in [7, 11) is 0. The summed E-state index contributed by atoms with van der Waals surface area (Å²) in [5.41, 5.74) is 5.85. The Balaban J connectivity index is 2.13. The third-order valence-electron chi connectivity index (χ3n) is 3.19. The third kappa shape index (κ3) is 3.39. The molecule has 1 nitrogen and oxygen atoms in total. The Hall–Kier alpha value is -1.72. The van der Waals surface area contributed by atoms with Gasteiger partial charge in [0.05, 0.1) is 11.6 Å². The van der Waals surface area contributed by atoms with Crippen molar-refractivity contribution in [1.82, 2.24) is 0 Å². The van der Waals surface area contributed by atoms with Crippen molar-refractivity contribution in [2.45, 2.75) is 31.4 Å². The van der Waals surface area contributed by atoms with E-state index in [0.717, 1.165) is 11.3 Å². The van der Waals surface area contributed by atoms with Crippen molar-refractivity contribution in [1.29, 1.82) is 5.26 Å². The Bertz CT molecular complexity index is 638. The van der Waals surface area contributed by atoms with Gasteiger partial charge in [-0.25, -0.2) is 0 Å². The van der Waals surface area contributed by atoms with E-state index in [-0.39, 0.29) is 0 Å². The summed E-state index contributed by atoms with van der Waals surface area (Å²) in [5.74, 6) is 0.946. The first-order valence-corrected chi connectivity index (χ1v) is 7.28. The average molecular weight is 267 g/mol. The molecule has 0 heterocycles. The molecule has 0 bridgehead atoms. The summed E-state index contributed by atoms with van der Waals surface area (Å²) >= 11 is 1.85.